The molecule has 0 aromatic heterocycles. The lowest BCUT2D eigenvalue weighted by molar-refractivity contribution is -0.384. The van der Waals surface area contributed by atoms with Crippen LogP contribution in [0.15, 0.2) is 36.4 Å². The number of carbonyl (C=O) groups excluding carboxylic acids is 1. The first-order chi connectivity index (χ1) is 15.3. The van der Waals surface area contributed by atoms with Crippen LogP contribution in [-0.4, -0.2) is 66.3 Å². The summed E-state index contributed by atoms with van der Waals surface area (Å²) in [7, 11) is 4.74. The van der Waals surface area contributed by atoms with Crippen LogP contribution >= 0.6 is 0 Å². The smallest absolute Gasteiger partial charge is 0.270 e. The van der Waals surface area contributed by atoms with Gasteiger partial charge in [-0.05, 0) is 31.7 Å². The molecule has 3 rings (SSSR count). The number of nitro groups is 1. The van der Waals surface area contributed by atoms with E-state index in [1.54, 1.807) is 12.1 Å². The maximum absolute atomic E-state index is 13.1. The van der Waals surface area contributed by atoms with E-state index in [0.29, 0.717) is 23.3 Å². The van der Waals surface area contributed by atoms with Gasteiger partial charge in [-0.25, -0.2) is 0 Å². The number of ether oxygens (including phenoxy) is 2. The van der Waals surface area contributed by atoms with Crippen LogP contribution in [0.1, 0.15) is 33.8 Å². The second kappa shape index (κ2) is 9.80. The van der Waals surface area contributed by atoms with Crippen molar-refractivity contribution in [2.45, 2.75) is 18.4 Å². The second-order valence-electron chi connectivity index (χ2n) is 7.59. The van der Waals surface area contributed by atoms with Gasteiger partial charge in [0.2, 0.25) is 0 Å². The number of benzene rings is 2. The molecule has 9 nitrogen and oxygen atoms in total. The number of aliphatic hydroxyl groups excluding tert-OH is 1. The first-order valence-electron chi connectivity index (χ1n) is 10.1. The molecule has 0 bridgehead atoms. The van der Waals surface area contributed by atoms with Crippen LogP contribution in [0.2, 0.25) is 0 Å². The highest BCUT2D eigenvalue weighted by molar-refractivity contribution is 6.11. The van der Waals surface area contributed by atoms with E-state index in [2.05, 4.69) is 0 Å². The minimum atomic E-state index is -0.526. The third kappa shape index (κ3) is 4.44. The zero-order chi connectivity index (χ0) is 23.4. The zero-order valence-electron chi connectivity index (χ0n) is 18.1. The molecule has 1 aliphatic heterocycles. The minimum absolute atomic E-state index is 0.0313. The number of nitro benzene ring substituents is 1. The maximum Gasteiger partial charge on any atom is 0.270 e. The molecule has 1 aliphatic rings. The number of ketones is 1. The molecule has 2 aromatic carbocycles. The Morgan fingerprint density at radius 3 is 2.62 bits per heavy atom. The first kappa shape index (κ1) is 23.2. The molecule has 2 atom stereocenters. The molecule has 32 heavy (non-hydrogen) atoms. The number of aliphatic hydroxyl groups is 1. The number of phenols is 1. The number of likely N-dealkylation sites (N-methyl/N-ethyl adjacent to an activating group) is 1. The Balaban J connectivity index is 2.04. The minimum Gasteiger partial charge on any atom is -0.507 e. The molecule has 1 heterocycles. The molecule has 0 aliphatic carbocycles. The van der Waals surface area contributed by atoms with Gasteiger partial charge >= 0.3 is 0 Å². The van der Waals surface area contributed by atoms with Crippen molar-refractivity contribution in [2.75, 3.05) is 34.4 Å². The monoisotopic (exact) mass is 442 g/mol. The molecule has 0 radical (unpaired) electrons. The molecule has 2 aromatic rings. The summed E-state index contributed by atoms with van der Waals surface area (Å²) in [5, 5.41) is 32.0. The average molecular weight is 442 g/mol. The van der Waals surface area contributed by atoms with Crippen LogP contribution in [0, 0.1) is 10.1 Å². The number of likely N-dealkylation sites (tertiary alicyclic amines) is 1. The first-order valence-corrected chi connectivity index (χ1v) is 10.1. The van der Waals surface area contributed by atoms with Crippen LogP contribution in [-0.2, 0) is 0 Å². The summed E-state index contributed by atoms with van der Waals surface area (Å²) in [6.45, 7) is 0.617. The fraction of sp³-hybridized carbons (Fsp3) is 0.348. The molecule has 170 valence electrons. The molecule has 0 saturated carbocycles. The van der Waals surface area contributed by atoms with Gasteiger partial charge in [-0.2, -0.15) is 0 Å². The Bertz CT molecular complexity index is 1050. The third-order valence-corrected chi connectivity index (χ3v) is 5.84. The van der Waals surface area contributed by atoms with E-state index in [-0.39, 0.29) is 41.3 Å². The van der Waals surface area contributed by atoms with E-state index in [1.807, 2.05) is 11.9 Å². The molecule has 0 amide bonds. The molecule has 2 unspecified atom stereocenters. The molecule has 1 fully saturated rings. The SMILES string of the molecule is COc1cc(OC)c(C2CCN(C)C2CO)c(O)c1C(=O)C=Cc1cccc([N+](=O)[O-])c1. The summed E-state index contributed by atoms with van der Waals surface area (Å²) >= 11 is 0. The van der Waals surface area contributed by atoms with E-state index in [4.69, 9.17) is 9.47 Å². The predicted molar refractivity (Wildman–Crippen MR) is 119 cm³/mol. The second-order valence-corrected chi connectivity index (χ2v) is 7.59. The van der Waals surface area contributed by atoms with Crippen molar-refractivity contribution in [3.05, 3.63) is 63.2 Å². The number of hydrogen-bond acceptors (Lipinski definition) is 8. The van der Waals surface area contributed by atoms with E-state index in [9.17, 15) is 25.1 Å². The van der Waals surface area contributed by atoms with Crippen molar-refractivity contribution in [2.24, 2.45) is 0 Å². The van der Waals surface area contributed by atoms with E-state index in [0.717, 1.165) is 6.54 Å². The Morgan fingerprint density at radius 1 is 1.28 bits per heavy atom. The Labute approximate surface area is 185 Å². The van der Waals surface area contributed by atoms with Crippen LogP contribution in [0.25, 0.3) is 6.08 Å². The lowest BCUT2D eigenvalue weighted by atomic mass is 9.87. The summed E-state index contributed by atoms with van der Waals surface area (Å²) in [6, 6.07) is 7.19. The summed E-state index contributed by atoms with van der Waals surface area (Å²) < 4.78 is 10.8. The number of phenolic OH excluding ortho intramolecular Hbond substituents is 1. The average Bonchev–Trinajstić information content (AvgIpc) is 3.16. The van der Waals surface area contributed by atoms with E-state index in [1.165, 1.54) is 44.6 Å². The molecular weight excluding hydrogens is 416 g/mol. The van der Waals surface area contributed by atoms with Crippen LogP contribution in [0.3, 0.4) is 0 Å². The van der Waals surface area contributed by atoms with Gasteiger partial charge in [0.05, 0.1) is 25.7 Å². The van der Waals surface area contributed by atoms with E-state index < -0.39 is 10.7 Å². The molecule has 2 N–H and O–H groups in total. The lowest BCUT2D eigenvalue weighted by Gasteiger charge is -2.26. The number of methoxy groups -OCH3 is 2. The lowest BCUT2D eigenvalue weighted by Crippen LogP contribution is -2.32. The molecule has 9 heteroatoms. The molecule has 1 saturated heterocycles. The molecule has 0 spiro atoms. The maximum atomic E-state index is 13.1. The Morgan fingerprint density at radius 2 is 2.00 bits per heavy atom. The topological polar surface area (TPSA) is 122 Å². The Kier molecular flexibility index (Phi) is 7.12. The molecular formula is C23H26N2O7. The number of non-ortho nitro benzene ring substituents is 1. The van der Waals surface area contributed by atoms with Crippen LogP contribution in [0.5, 0.6) is 17.2 Å². The predicted octanol–water partition coefficient (Wildman–Crippen LogP) is 2.99. The van der Waals surface area contributed by atoms with Gasteiger partial charge in [0.1, 0.15) is 22.8 Å². The number of hydrogen-bond donors (Lipinski definition) is 2. The third-order valence-electron chi connectivity index (χ3n) is 5.84. The van der Waals surface area contributed by atoms with Gasteiger partial charge in [0.25, 0.3) is 5.69 Å². The fourth-order valence-corrected chi connectivity index (χ4v) is 4.17. The summed E-state index contributed by atoms with van der Waals surface area (Å²) in [4.78, 5) is 25.5. The van der Waals surface area contributed by atoms with Gasteiger partial charge in [-0.15, -0.1) is 0 Å². The highest BCUT2D eigenvalue weighted by Gasteiger charge is 2.37. The zero-order valence-corrected chi connectivity index (χ0v) is 18.1. The highest BCUT2D eigenvalue weighted by Crippen LogP contribution is 2.47. The number of aromatic hydroxyl groups is 1. The van der Waals surface area contributed by atoms with Crippen molar-refractivity contribution in [3.8, 4) is 17.2 Å². The van der Waals surface area contributed by atoms with Gasteiger partial charge in [-0.1, -0.05) is 18.2 Å². The van der Waals surface area contributed by atoms with Crippen molar-refractivity contribution in [3.63, 3.8) is 0 Å². The van der Waals surface area contributed by atoms with Gasteiger partial charge in [0.15, 0.2) is 5.78 Å². The Hall–Kier alpha value is -3.43. The summed E-state index contributed by atoms with van der Waals surface area (Å²) in [6.07, 6.45) is 3.35. The number of rotatable bonds is 8. The summed E-state index contributed by atoms with van der Waals surface area (Å²) in [5.74, 6) is -0.505. The van der Waals surface area contributed by atoms with Gasteiger partial charge < -0.3 is 24.6 Å². The van der Waals surface area contributed by atoms with E-state index >= 15 is 0 Å². The number of nitrogens with zero attached hydrogens (tertiary/aromatic N) is 2. The fourth-order valence-electron chi connectivity index (χ4n) is 4.17. The van der Waals surface area contributed by atoms with Crippen molar-refractivity contribution in [1.29, 1.82) is 0 Å². The largest absolute Gasteiger partial charge is 0.507 e. The summed E-state index contributed by atoms with van der Waals surface area (Å²) in [5.41, 5.74) is 0.796. The van der Waals surface area contributed by atoms with Crippen molar-refractivity contribution >= 4 is 17.5 Å². The standard InChI is InChI=1S/C23H26N2O7/c1-24-10-9-16(17(24)13-26)21-19(31-2)12-20(32-3)22(23(21)28)18(27)8-7-14-5-4-6-15(11-14)25(29)30/h4-8,11-12,16-17,26,28H,9-10,13H2,1-3H3. The van der Waals surface area contributed by atoms with Gasteiger partial charge in [-0.3, -0.25) is 14.9 Å². The van der Waals surface area contributed by atoms with Crippen LogP contribution < -0.4 is 9.47 Å². The normalized spacial score (nSPS) is 18.8. The number of allylic oxidation sites excluding steroid dienone is 1. The van der Waals surface area contributed by atoms with Crippen LogP contribution in [0.4, 0.5) is 5.69 Å². The highest BCUT2D eigenvalue weighted by atomic mass is 16.6. The van der Waals surface area contributed by atoms with Crippen molar-refractivity contribution in [1.82, 2.24) is 4.90 Å². The number of carbonyl (C=O) groups is 1. The quantitative estimate of drug-likeness (QED) is 0.277. The van der Waals surface area contributed by atoms with Gasteiger partial charge in [0, 0.05) is 35.7 Å². The van der Waals surface area contributed by atoms with Crippen molar-refractivity contribution < 1.29 is 29.4 Å².